The van der Waals surface area contributed by atoms with Crippen LogP contribution in [-0.4, -0.2) is 17.0 Å². The van der Waals surface area contributed by atoms with Crippen LogP contribution in [0.25, 0.3) is 0 Å². The standard InChI is InChI=1S/C22H28O2/c1-4-15-5-6-19-20(15,3)9-7-16-13-17-14(2)18(23)8-10-21(17)11-12-22(16,19)24-21/h8,10,13,15,19H,4-7,9,11-12H2,1-3H3. The van der Waals surface area contributed by atoms with E-state index in [-0.39, 0.29) is 17.0 Å². The zero-order chi connectivity index (χ0) is 16.7. The normalized spacial score (nSPS) is 49.0. The second-order valence-electron chi connectivity index (χ2n) is 9.03. The third kappa shape index (κ3) is 1.55. The van der Waals surface area contributed by atoms with E-state index in [1.165, 1.54) is 31.3 Å². The van der Waals surface area contributed by atoms with E-state index in [1.807, 2.05) is 6.92 Å². The fourth-order valence-electron chi connectivity index (χ4n) is 7.02. The lowest BCUT2D eigenvalue weighted by molar-refractivity contribution is -0.128. The molecule has 2 heterocycles. The van der Waals surface area contributed by atoms with Crippen LogP contribution in [0.1, 0.15) is 65.7 Å². The Morgan fingerprint density at radius 3 is 2.88 bits per heavy atom. The van der Waals surface area contributed by atoms with Crippen molar-refractivity contribution in [1.29, 1.82) is 0 Å². The van der Waals surface area contributed by atoms with Gasteiger partial charge in [-0.15, -0.1) is 0 Å². The van der Waals surface area contributed by atoms with Crippen molar-refractivity contribution in [3.05, 3.63) is 34.9 Å². The van der Waals surface area contributed by atoms with Crippen molar-refractivity contribution in [1.82, 2.24) is 0 Å². The molecule has 0 N–H and O–H groups in total. The average Bonchev–Trinajstić information content (AvgIpc) is 3.08. The van der Waals surface area contributed by atoms with Gasteiger partial charge in [-0.2, -0.15) is 0 Å². The predicted molar refractivity (Wildman–Crippen MR) is 94.6 cm³/mol. The Hall–Kier alpha value is -1.15. The van der Waals surface area contributed by atoms with Gasteiger partial charge in [0.1, 0.15) is 5.60 Å². The summed E-state index contributed by atoms with van der Waals surface area (Å²) in [5.74, 6) is 1.66. The van der Waals surface area contributed by atoms with Crippen molar-refractivity contribution < 1.29 is 9.53 Å². The van der Waals surface area contributed by atoms with Crippen molar-refractivity contribution in [2.75, 3.05) is 0 Å². The minimum absolute atomic E-state index is 0.0502. The molecule has 2 aliphatic heterocycles. The zero-order valence-corrected chi connectivity index (χ0v) is 15.2. The van der Waals surface area contributed by atoms with Crippen LogP contribution in [0.3, 0.4) is 0 Å². The van der Waals surface area contributed by atoms with Gasteiger partial charge in [-0.3, -0.25) is 4.79 Å². The van der Waals surface area contributed by atoms with Crippen LogP contribution in [0, 0.1) is 17.3 Å². The van der Waals surface area contributed by atoms with Gasteiger partial charge in [-0.05, 0) is 86.0 Å². The SMILES string of the molecule is CCC1CCC2C34CCC5(C=CC(=O)C(C)=C5C=C3CCC12C)O4. The van der Waals surface area contributed by atoms with Crippen molar-refractivity contribution >= 4 is 5.78 Å². The van der Waals surface area contributed by atoms with Crippen LogP contribution in [0.2, 0.25) is 0 Å². The lowest BCUT2D eigenvalue weighted by atomic mass is 9.56. The van der Waals surface area contributed by atoms with Crippen LogP contribution in [-0.2, 0) is 9.53 Å². The van der Waals surface area contributed by atoms with Gasteiger partial charge in [0.05, 0.1) is 5.60 Å². The van der Waals surface area contributed by atoms with Crippen molar-refractivity contribution in [3.63, 3.8) is 0 Å². The van der Waals surface area contributed by atoms with Crippen LogP contribution >= 0.6 is 0 Å². The maximum Gasteiger partial charge on any atom is 0.181 e. The summed E-state index contributed by atoms with van der Waals surface area (Å²) in [6.07, 6.45) is 14.8. The number of ether oxygens (including phenoxy) is 1. The topological polar surface area (TPSA) is 26.3 Å². The number of carbonyl (C=O) groups is 1. The maximum absolute atomic E-state index is 12.2. The van der Waals surface area contributed by atoms with Crippen LogP contribution in [0.5, 0.6) is 0 Å². The number of hydrogen-bond donors (Lipinski definition) is 0. The van der Waals surface area contributed by atoms with Gasteiger partial charge in [-0.1, -0.05) is 26.3 Å². The minimum atomic E-state index is -0.315. The third-order valence-corrected chi connectivity index (χ3v) is 8.35. The molecular weight excluding hydrogens is 296 g/mol. The van der Waals surface area contributed by atoms with Crippen molar-refractivity contribution in [2.45, 2.75) is 76.9 Å². The Morgan fingerprint density at radius 1 is 1.25 bits per heavy atom. The molecule has 128 valence electrons. The van der Waals surface area contributed by atoms with Crippen LogP contribution < -0.4 is 0 Å². The Kier molecular flexibility index (Phi) is 2.85. The highest BCUT2D eigenvalue weighted by Gasteiger charge is 2.66. The molecule has 0 radical (unpaired) electrons. The van der Waals surface area contributed by atoms with Gasteiger partial charge in [0.15, 0.2) is 5.78 Å². The number of rotatable bonds is 1. The average molecular weight is 324 g/mol. The van der Waals surface area contributed by atoms with Gasteiger partial charge >= 0.3 is 0 Å². The molecule has 2 saturated carbocycles. The summed E-state index contributed by atoms with van der Waals surface area (Å²) >= 11 is 0. The molecule has 5 aliphatic rings. The van der Waals surface area contributed by atoms with Crippen LogP contribution in [0.4, 0.5) is 0 Å². The number of ketones is 1. The van der Waals surface area contributed by atoms with Gasteiger partial charge in [-0.25, -0.2) is 0 Å². The molecule has 1 saturated heterocycles. The second-order valence-corrected chi connectivity index (χ2v) is 9.03. The Morgan fingerprint density at radius 2 is 2.08 bits per heavy atom. The van der Waals surface area contributed by atoms with E-state index >= 15 is 0 Å². The van der Waals surface area contributed by atoms with E-state index in [9.17, 15) is 4.79 Å². The molecule has 2 spiro atoms. The molecular formula is C22H28O2. The summed E-state index contributed by atoms with van der Waals surface area (Å²) in [6.45, 7) is 6.87. The molecule has 24 heavy (non-hydrogen) atoms. The highest BCUT2D eigenvalue weighted by molar-refractivity contribution is 6.06. The maximum atomic E-state index is 12.2. The summed E-state index contributed by atoms with van der Waals surface area (Å²) in [5.41, 5.74) is 3.61. The smallest absolute Gasteiger partial charge is 0.181 e. The van der Waals surface area contributed by atoms with E-state index in [0.29, 0.717) is 11.3 Å². The molecule has 3 aliphatic carbocycles. The second kappa shape index (κ2) is 4.52. The molecule has 0 aromatic heterocycles. The number of carbonyl (C=O) groups excluding carboxylic acids is 1. The molecule has 5 unspecified atom stereocenters. The number of hydrogen-bond acceptors (Lipinski definition) is 2. The summed E-state index contributed by atoms with van der Waals surface area (Å²) in [4.78, 5) is 12.2. The van der Waals surface area contributed by atoms with Gasteiger partial charge < -0.3 is 4.74 Å². The molecule has 3 fully saturated rings. The first kappa shape index (κ1) is 15.1. The Labute approximate surface area is 145 Å². The first-order valence-corrected chi connectivity index (χ1v) is 9.81. The van der Waals surface area contributed by atoms with Gasteiger partial charge in [0.25, 0.3) is 0 Å². The van der Waals surface area contributed by atoms with E-state index in [0.717, 1.165) is 36.3 Å². The molecule has 2 nitrogen and oxygen atoms in total. The number of fused-ring (bicyclic) bond motifs is 1. The molecule has 2 bridgehead atoms. The molecule has 0 aromatic carbocycles. The van der Waals surface area contributed by atoms with E-state index in [4.69, 9.17) is 4.74 Å². The summed E-state index contributed by atoms with van der Waals surface area (Å²) < 4.78 is 7.01. The zero-order valence-electron chi connectivity index (χ0n) is 15.2. The summed E-state index contributed by atoms with van der Waals surface area (Å²) in [7, 11) is 0. The lowest BCUT2D eigenvalue weighted by Gasteiger charge is -2.54. The third-order valence-electron chi connectivity index (χ3n) is 8.35. The Balaban J connectivity index is 1.67. The molecule has 0 amide bonds. The highest BCUT2D eigenvalue weighted by Crippen LogP contribution is 2.68. The quantitative estimate of drug-likeness (QED) is 0.685. The van der Waals surface area contributed by atoms with E-state index in [1.54, 1.807) is 6.08 Å². The highest BCUT2D eigenvalue weighted by atomic mass is 16.5. The van der Waals surface area contributed by atoms with Gasteiger partial charge in [0, 0.05) is 5.57 Å². The first-order valence-electron chi connectivity index (χ1n) is 9.81. The molecule has 5 atom stereocenters. The monoisotopic (exact) mass is 324 g/mol. The Bertz CT molecular complexity index is 726. The summed E-state index contributed by atoms with van der Waals surface area (Å²) in [6, 6.07) is 0. The fourth-order valence-corrected chi connectivity index (χ4v) is 7.02. The van der Waals surface area contributed by atoms with Crippen molar-refractivity contribution in [2.24, 2.45) is 17.3 Å². The predicted octanol–water partition coefficient (Wildman–Crippen LogP) is 4.91. The molecule has 2 heteroatoms. The first-order chi connectivity index (χ1) is 11.5. The number of allylic oxidation sites excluding steroid dienone is 2. The van der Waals surface area contributed by atoms with E-state index < -0.39 is 0 Å². The van der Waals surface area contributed by atoms with Crippen molar-refractivity contribution in [3.8, 4) is 0 Å². The van der Waals surface area contributed by atoms with Gasteiger partial charge in [0.2, 0.25) is 0 Å². The lowest BCUT2D eigenvalue weighted by Crippen LogP contribution is -2.54. The van der Waals surface area contributed by atoms with E-state index in [2.05, 4.69) is 26.0 Å². The molecule has 0 aromatic rings. The van der Waals surface area contributed by atoms with Crippen LogP contribution in [0.15, 0.2) is 34.9 Å². The largest absolute Gasteiger partial charge is 0.355 e. The summed E-state index contributed by atoms with van der Waals surface area (Å²) in [5, 5.41) is 0. The molecule has 5 rings (SSSR count). The minimum Gasteiger partial charge on any atom is -0.355 e. The fraction of sp³-hybridized carbons (Fsp3) is 0.682.